The first-order chi connectivity index (χ1) is 14.8. The molecule has 0 N–H and O–H groups in total. The number of carbonyl (C=O) groups is 2. The lowest BCUT2D eigenvalue weighted by molar-refractivity contribution is -0.131. The van der Waals surface area contributed by atoms with Gasteiger partial charge in [-0.3, -0.25) is 14.5 Å². The van der Waals surface area contributed by atoms with Crippen LogP contribution in [0.2, 0.25) is 0 Å². The first-order valence-corrected chi connectivity index (χ1v) is 12.2. The number of nitrogens with zero attached hydrogens (tertiary/aromatic N) is 3. The van der Waals surface area contributed by atoms with Crippen LogP contribution in [0, 0.1) is 5.92 Å². The summed E-state index contributed by atoms with van der Waals surface area (Å²) >= 11 is 6.81. The Bertz CT molecular complexity index is 1030. The first-order valence-electron chi connectivity index (χ1n) is 10.9. The number of aryl methyl sites for hydroxylation is 1. The Morgan fingerprint density at radius 3 is 2.55 bits per heavy atom. The molecule has 2 amide bonds. The summed E-state index contributed by atoms with van der Waals surface area (Å²) in [5.41, 5.74) is 3.20. The average molecular weight is 458 g/mol. The largest absolute Gasteiger partial charge is 0.342 e. The van der Waals surface area contributed by atoms with E-state index < -0.39 is 0 Å². The maximum Gasteiger partial charge on any atom is 0.266 e. The Labute approximate surface area is 194 Å². The molecule has 2 aromatic rings. The molecule has 1 saturated heterocycles. The van der Waals surface area contributed by atoms with Crippen molar-refractivity contribution in [1.29, 1.82) is 0 Å². The van der Waals surface area contributed by atoms with Gasteiger partial charge in [-0.1, -0.05) is 63.0 Å². The molecule has 1 fully saturated rings. The van der Waals surface area contributed by atoms with Crippen LogP contribution in [-0.2, 0) is 22.6 Å². The highest BCUT2D eigenvalue weighted by atomic mass is 32.2. The molecule has 5 nitrogen and oxygen atoms in total. The number of rotatable bonds is 8. The number of thioether (sulfide) groups is 1. The van der Waals surface area contributed by atoms with E-state index in [-0.39, 0.29) is 18.4 Å². The zero-order chi connectivity index (χ0) is 22.7. The van der Waals surface area contributed by atoms with Crippen LogP contribution in [0.3, 0.4) is 0 Å². The molecular weight excluding hydrogens is 426 g/mol. The Hall–Kier alpha value is -2.12. The molecule has 1 aliphatic heterocycles. The molecule has 0 radical (unpaired) electrons. The van der Waals surface area contributed by atoms with E-state index in [0.717, 1.165) is 22.9 Å². The minimum absolute atomic E-state index is 0.0320. The molecule has 0 spiro atoms. The zero-order valence-corrected chi connectivity index (χ0v) is 20.6. The number of benzene rings is 1. The summed E-state index contributed by atoms with van der Waals surface area (Å²) in [6.07, 6.45) is 4.80. The molecule has 7 heteroatoms. The smallest absolute Gasteiger partial charge is 0.266 e. The highest BCUT2D eigenvalue weighted by Gasteiger charge is 2.32. The molecular formula is C24H31N3O2S2. The van der Waals surface area contributed by atoms with Gasteiger partial charge in [-0.2, -0.15) is 0 Å². The molecule has 0 aliphatic carbocycles. The van der Waals surface area contributed by atoms with E-state index >= 15 is 0 Å². The fourth-order valence-corrected chi connectivity index (χ4v) is 5.24. The van der Waals surface area contributed by atoms with Gasteiger partial charge in [0.25, 0.3) is 5.91 Å². The quantitative estimate of drug-likeness (QED) is 0.417. The van der Waals surface area contributed by atoms with E-state index in [1.807, 2.05) is 41.7 Å². The molecule has 1 aromatic heterocycles. The van der Waals surface area contributed by atoms with Crippen LogP contribution in [0.5, 0.6) is 0 Å². The number of fused-ring (bicyclic) bond motifs is 1. The summed E-state index contributed by atoms with van der Waals surface area (Å²) < 4.78 is 2.65. The van der Waals surface area contributed by atoms with Crippen LogP contribution in [0.15, 0.2) is 29.3 Å². The van der Waals surface area contributed by atoms with Crippen molar-refractivity contribution in [3.8, 4) is 0 Å². The maximum absolute atomic E-state index is 12.9. The fourth-order valence-electron chi connectivity index (χ4n) is 3.98. The molecule has 1 aliphatic rings. The third-order valence-electron chi connectivity index (χ3n) is 5.52. The van der Waals surface area contributed by atoms with Gasteiger partial charge in [-0.05, 0) is 37.8 Å². The SMILES string of the molecule is CCc1cccc2c(/C=C3\SC(=S)N(CC(C)C)C3=O)cn(CC(=O)N(CC)CC)c12. The van der Waals surface area contributed by atoms with Gasteiger partial charge in [0, 0.05) is 36.8 Å². The normalized spacial score (nSPS) is 15.7. The van der Waals surface area contributed by atoms with Crippen LogP contribution in [0.25, 0.3) is 17.0 Å². The lowest BCUT2D eigenvalue weighted by Gasteiger charge is -2.19. The van der Waals surface area contributed by atoms with Gasteiger partial charge >= 0.3 is 0 Å². The van der Waals surface area contributed by atoms with Crippen LogP contribution in [-0.4, -0.2) is 50.1 Å². The summed E-state index contributed by atoms with van der Waals surface area (Å²) in [7, 11) is 0. The van der Waals surface area contributed by atoms with E-state index in [4.69, 9.17) is 12.2 Å². The Balaban J connectivity index is 2.04. The molecule has 2 heterocycles. The second-order valence-corrected chi connectivity index (χ2v) is 9.81. The molecule has 0 atom stereocenters. The van der Waals surface area contributed by atoms with Crippen LogP contribution < -0.4 is 0 Å². The third kappa shape index (κ3) is 4.88. The number of aromatic nitrogens is 1. The van der Waals surface area contributed by atoms with Crippen molar-refractivity contribution in [3.63, 3.8) is 0 Å². The highest BCUT2D eigenvalue weighted by Crippen LogP contribution is 2.35. The van der Waals surface area contributed by atoms with Gasteiger partial charge in [-0.25, -0.2) is 0 Å². The molecule has 0 saturated carbocycles. The second-order valence-electron chi connectivity index (χ2n) is 8.13. The van der Waals surface area contributed by atoms with Gasteiger partial charge in [0.15, 0.2) is 0 Å². The van der Waals surface area contributed by atoms with Gasteiger partial charge in [0.05, 0.1) is 10.4 Å². The van der Waals surface area contributed by atoms with Crippen molar-refractivity contribution in [2.45, 2.75) is 47.6 Å². The van der Waals surface area contributed by atoms with E-state index in [0.29, 0.717) is 34.8 Å². The van der Waals surface area contributed by atoms with Crippen LogP contribution in [0.1, 0.15) is 45.7 Å². The van der Waals surface area contributed by atoms with E-state index in [1.54, 1.807) is 4.90 Å². The minimum atomic E-state index is -0.0320. The molecule has 166 valence electrons. The molecule has 3 rings (SSSR count). The number of amides is 2. The molecule has 1 aromatic carbocycles. The van der Waals surface area contributed by atoms with Gasteiger partial charge < -0.3 is 9.47 Å². The Morgan fingerprint density at radius 1 is 1.23 bits per heavy atom. The van der Waals surface area contributed by atoms with Crippen molar-refractivity contribution in [3.05, 3.63) is 40.4 Å². The minimum Gasteiger partial charge on any atom is -0.342 e. The number of thiocarbonyl (C=S) groups is 1. The maximum atomic E-state index is 12.9. The fraction of sp³-hybridized carbons (Fsp3) is 0.458. The topological polar surface area (TPSA) is 45.6 Å². The van der Waals surface area contributed by atoms with Crippen molar-refractivity contribution in [2.24, 2.45) is 5.92 Å². The average Bonchev–Trinajstić information content (AvgIpc) is 3.21. The van der Waals surface area contributed by atoms with Crippen LogP contribution >= 0.6 is 24.0 Å². The summed E-state index contributed by atoms with van der Waals surface area (Å²) in [5.74, 6) is 0.417. The van der Waals surface area contributed by atoms with Crippen molar-refractivity contribution >= 4 is 57.1 Å². The van der Waals surface area contributed by atoms with Crippen LogP contribution in [0.4, 0.5) is 0 Å². The number of carbonyl (C=O) groups excluding carboxylic acids is 2. The predicted molar refractivity (Wildman–Crippen MR) is 134 cm³/mol. The lowest BCUT2D eigenvalue weighted by atomic mass is 10.1. The van der Waals surface area contributed by atoms with E-state index in [1.165, 1.54) is 17.3 Å². The predicted octanol–water partition coefficient (Wildman–Crippen LogP) is 4.93. The summed E-state index contributed by atoms with van der Waals surface area (Å²) in [5, 5.41) is 1.06. The second kappa shape index (κ2) is 10.0. The standard InChI is InChI=1S/C24H31N3O2S2/c1-6-17-10-9-11-19-18(12-20-23(29)27(13-16(4)5)24(30)31-20)14-26(22(17)19)15-21(28)25(7-2)8-3/h9-12,14,16H,6-8,13,15H2,1-5H3/b20-12-. The lowest BCUT2D eigenvalue weighted by Crippen LogP contribution is -2.33. The Kier molecular flexibility index (Phi) is 7.59. The number of hydrogen-bond donors (Lipinski definition) is 0. The van der Waals surface area contributed by atoms with Crippen molar-refractivity contribution in [2.75, 3.05) is 19.6 Å². The van der Waals surface area contributed by atoms with Gasteiger partial charge in [0.1, 0.15) is 10.9 Å². The van der Waals surface area contributed by atoms with Gasteiger partial charge in [0.2, 0.25) is 5.91 Å². The molecule has 31 heavy (non-hydrogen) atoms. The zero-order valence-electron chi connectivity index (χ0n) is 19.0. The molecule has 0 unspecified atom stereocenters. The van der Waals surface area contributed by atoms with Gasteiger partial charge in [-0.15, -0.1) is 0 Å². The summed E-state index contributed by atoms with van der Waals surface area (Å²) in [6.45, 7) is 12.6. The number of likely N-dealkylation sites (N-methyl/N-ethyl adjacent to an activating group) is 1. The summed E-state index contributed by atoms with van der Waals surface area (Å²) in [6, 6.07) is 6.21. The molecule has 0 bridgehead atoms. The van der Waals surface area contributed by atoms with E-state index in [9.17, 15) is 9.59 Å². The van der Waals surface area contributed by atoms with E-state index in [2.05, 4.69) is 32.9 Å². The Morgan fingerprint density at radius 2 is 1.94 bits per heavy atom. The highest BCUT2D eigenvalue weighted by molar-refractivity contribution is 8.26. The summed E-state index contributed by atoms with van der Waals surface area (Å²) in [4.78, 5) is 29.9. The monoisotopic (exact) mass is 457 g/mol. The first kappa shape index (κ1) is 23.5. The van der Waals surface area contributed by atoms with Crippen molar-refractivity contribution < 1.29 is 9.59 Å². The third-order valence-corrected chi connectivity index (χ3v) is 6.90. The van der Waals surface area contributed by atoms with Crippen molar-refractivity contribution in [1.82, 2.24) is 14.4 Å². The number of para-hydroxylation sites is 1. The number of hydrogen-bond acceptors (Lipinski definition) is 4.